The fraction of sp³-hybridized carbons (Fsp3) is 0.0909. The normalized spacial score (nSPS) is 11.0. The van der Waals surface area contributed by atoms with Gasteiger partial charge in [-0.1, -0.05) is 41.4 Å². The molecule has 0 radical (unpaired) electrons. The van der Waals surface area contributed by atoms with Crippen molar-refractivity contribution in [3.63, 3.8) is 0 Å². The highest BCUT2D eigenvalue weighted by Crippen LogP contribution is 2.26. The van der Waals surface area contributed by atoms with Crippen molar-refractivity contribution < 1.29 is 22.7 Å². The Bertz CT molecular complexity index is 1230. The Hall–Kier alpha value is -3.07. The van der Waals surface area contributed by atoms with Gasteiger partial charge in [-0.2, -0.15) is 0 Å². The number of halogens is 2. The molecule has 0 heterocycles. The van der Waals surface area contributed by atoms with Gasteiger partial charge in [-0.25, -0.2) is 13.2 Å². The van der Waals surface area contributed by atoms with E-state index < -0.39 is 28.4 Å². The predicted molar refractivity (Wildman–Crippen MR) is 124 cm³/mol. The summed E-state index contributed by atoms with van der Waals surface area (Å²) < 4.78 is 32.2. The van der Waals surface area contributed by atoms with Crippen LogP contribution in [0.4, 0.5) is 11.4 Å². The van der Waals surface area contributed by atoms with Gasteiger partial charge in [0.15, 0.2) is 0 Å². The van der Waals surface area contributed by atoms with E-state index >= 15 is 0 Å². The number of nitrogens with one attached hydrogen (secondary N) is 1. The lowest BCUT2D eigenvalue weighted by molar-refractivity contribution is -0.114. The third-order valence-corrected chi connectivity index (χ3v) is 6.76. The molecule has 166 valence electrons. The smallest absolute Gasteiger partial charge is 0.337 e. The molecule has 0 aliphatic rings. The summed E-state index contributed by atoms with van der Waals surface area (Å²) in [6.07, 6.45) is 0. The molecule has 0 spiro atoms. The van der Waals surface area contributed by atoms with Crippen LogP contribution < -0.4 is 9.62 Å². The van der Waals surface area contributed by atoms with Crippen molar-refractivity contribution in [1.82, 2.24) is 0 Å². The summed E-state index contributed by atoms with van der Waals surface area (Å²) in [6, 6.07) is 18.1. The summed E-state index contributed by atoms with van der Waals surface area (Å²) >= 11 is 12.0. The molecule has 0 aromatic heterocycles. The summed E-state index contributed by atoms with van der Waals surface area (Å²) in [6.45, 7) is -0.534. The molecule has 0 fully saturated rings. The Morgan fingerprint density at radius 2 is 1.62 bits per heavy atom. The molecule has 0 unspecified atom stereocenters. The van der Waals surface area contributed by atoms with E-state index in [-0.39, 0.29) is 21.2 Å². The quantitative estimate of drug-likeness (QED) is 0.485. The van der Waals surface area contributed by atoms with E-state index in [0.717, 1.165) is 4.31 Å². The van der Waals surface area contributed by atoms with E-state index in [9.17, 15) is 18.0 Å². The number of anilines is 2. The van der Waals surface area contributed by atoms with Gasteiger partial charge in [0.25, 0.3) is 10.0 Å². The fourth-order valence-electron chi connectivity index (χ4n) is 2.83. The molecule has 3 aromatic carbocycles. The first-order chi connectivity index (χ1) is 15.2. The minimum Gasteiger partial charge on any atom is -0.465 e. The second kappa shape index (κ2) is 10.0. The van der Waals surface area contributed by atoms with Crippen LogP contribution in [0, 0.1) is 0 Å². The number of hydrogen-bond donors (Lipinski definition) is 1. The largest absolute Gasteiger partial charge is 0.465 e. The number of carbonyl (C=O) groups excluding carboxylic acids is 2. The maximum absolute atomic E-state index is 13.3. The number of rotatable bonds is 7. The highest BCUT2D eigenvalue weighted by molar-refractivity contribution is 7.92. The number of para-hydroxylation sites is 1. The van der Waals surface area contributed by atoms with Crippen molar-refractivity contribution >= 4 is 56.5 Å². The van der Waals surface area contributed by atoms with Crippen LogP contribution in [-0.2, 0) is 19.6 Å². The molecule has 0 bridgehead atoms. The van der Waals surface area contributed by atoms with Crippen molar-refractivity contribution in [1.29, 1.82) is 0 Å². The van der Waals surface area contributed by atoms with E-state index in [1.54, 1.807) is 30.3 Å². The first-order valence-corrected chi connectivity index (χ1v) is 11.4. The summed E-state index contributed by atoms with van der Waals surface area (Å²) in [5.41, 5.74) is 0.629. The highest BCUT2D eigenvalue weighted by Gasteiger charge is 2.27. The predicted octanol–water partition coefficient (Wildman–Crippen LogP) is 4.61. The van der Waals surface area contributed by atoms with Gasteiger partial charge in [0.05, 0.1) is 34.0 Å². The molecule has 10 heteroatoms. The zero-order valence-electron chi connectivity index (χ0n) is 16.8. The van der Waals surface area contributed by atoms with Gasteiger partial charge < -0.3 is 10.1 Å². The van der Waals surface area contributed by atoms with Crippen LogP contribution >= 0.6 is 23.2 Å². The lowest BCUT2D eigenvalue weighted by atomic mass is 10.2. The number of amides is 1. The zero-order valence-corrected chi connectivity index (χ0v) is 19.1. The molecule has 0 saturated heterocycles. The van der Waals surface area contributed by atoms with Crippen LogP contribution in [0.2, 0.25) is 10.0 Å². The third-order valence-electron chi connectivity index (χ3n) is 4.39. The van der Waals surface area contributed by atoms with Crippen LogP contribution in [0.5, 0.6) is 0 Å². The van der Waals surface area contributed by atoms with E-state index in [1.807, 2.05) is 0 Å². The SMILES string of the molecule is COC(=O)c1ccc(Cl)c(NC(=O)CN(c2ccccc2)S(=O)(=O)c2ccc(Cl)cc2)c1. The summed E-state index contributed by atoms with van der Waals surface area (Å²) in [5.74, 6) is -1.26. The molecule has 0 aliphatic carbocycles. The van der Waals surface area contributed by atoms with E-state index in [1.165, 1.54) is 49.6 Å². The average molecular weight is 493 g/mol. The maximum atomic E-state index is 13.3. The first-order valence-electron chi connectivity index (χ1n) is 9.23. The molecule has 32 heavy (non-hydrogen) atoms. The summed E-state index contributed by atoms with van der Waals surface area (Å²) in [7, 11) is -2.86. The topological polar surface area (TPSA) is 92.8 Å². The maximum Gasteiger partial charge on any atom is 0.337 e. The van der Waals surface area contributed by atoms with Crippen LogP contribution in [0.1, 0.15) is 10.4 Å². The third kappa shape index (κ3) is 5.40. The first kappa shape index (κ1) is 23.6. The summed E-state index contributed by atoms with van der Waals surface area (Å²) in [5, 5.41) is 3.12. The second-order valence-electron chi connectivity index (χ2n) is 6.54. The minimum absolute atomic E-state index is 0.0238. The number of esters is 1. The molecule has 3 rings (SSSR count). The molecule has 7 nitrogen and oxygen atoms in total. The molecule has 0 atom stereocenters. The van der Waals surface area contributed by atoms with Crippen LogP contribution in [0.25, 0.3) is 0 Å². The monoisotopic (exact) mass is 492 g/mol. The van der Waals surface area contributed by atoms with Crippen LogP contribution in [-0.4, -0.2) is 33.9 Å². The Morgan fingerprint density at radius 3 is 2.25 bits per heavy atom. The second-order valence-corrected chi connectivity index (χ2v) is 9.24. The van der Waals surface area contributed by atoms with Crippen molar-refractivity contribution in [3.8, 4) is 0 Å². The van der Waals surface area contributed by atoms with Crippen molar-refractivity contribution in [3.05, 3.63) is 88.4 Å². The molecule has 0 aliphatic heterocycles. The number of benzene rings is 3. The fourth-order valence-corrected chi connectivity index (χ4v) is 4.54. The molecule has 1 N–H and O–H groups in total. The molecular formula is C22H18Cl2N2O5S. The number of methoxy groups -OCH3 is 1. The molecule has 1 amide bonds. The number of sulfonamides is 1. The Labute approximate surface area is 195 Å². The Kier molecular flexibility index (Phi) is 7.40. The summed E-state index contributed by atoms with van der Waals surface area (Å²) in [4.78, 5) is 24.6. The lowest BCUT2D eigenvalue weighted by Gasteiger charge is -2.24. The Morgan fingerprint density at radius 1 is 0.969 bits per heavy atom. The van der Waals surface area contributed by atoms with Gasteiger partial charge in [-0.05, 0) is 54.6 Å². The molecular weight excluding hydrogens is 475 g/mol. The van der Waals surface area contributed by atoms with Gasteiger partial charge in [-0.15, -0.1) is 0 Å². The van der Waals surface area contributed by atoms with Crippen LogP contribution in [0.15, 0.2) is 77.7 Å². The van der Waals surface area contributed by atoms with E-state index in [0.29, 0.717) is 10.7 Å². The van der Waals surface area contributed by atoms with Gasteiger partial charge in [0, 0.05) is 5.02 Å². The standard InChI is InChI=1S/C22H18Cl2N2O5S/c1-31-22(28)15-7-12-19(24)20(13-15)25-21(27)14-26(17-5-3-2-4-6-17)32(29,30)18-10-8-16(23)9-11-18/h2-13H,14H2,1H3,(H,25,27). The number of hydrogen-bond acceptors (Lipinski definition) is 5. The Balaban J connectivity index is 1.92. The van der Waals surface area contributed by atoms with E-state index in [2.05, 4.69) is 10.1 Å². The van der Waals surface area contributed by atoms with Crippen molar-refractivity contribution in [2.75, 3.05) is 23.3 Å². The minimum atomic E-state index is -4.09. The number of nitrogens with zero attached hydrogens (tertiary/aromatic N) is 1. The van der Waals surface area contributed by atoms with Gasteiger partial charge in [0.1, 0.15) is 6.54 Å². The van der Waals surface area contributed by atoms with Gasteiger partial charge in [0.2, 0.25) is 5.91 Å². The van der Waals surface area contributed by atoms with Gasteiger partial charge >= 0.3 is 5.97 Å². The average Bonchev–Trinajstić information content (AvgIpc) is 2.79. The van der Waals surface area contributed by atoms with Crippen molar-refractivity contribution in [2.45, 2.75) is 4.90 Å². The van der Waals surface area contributed by atoms with Crippen molar-refractivity contribution in [2.24, 2.45) is 0 Å². The van der Waals surface area contributed by atoms with Gasteiger partial charge in [-0.3, -0.25) is 9.10 Å². The van der Waals surface area contributed by atoms with E-state index in [4.69, 9.17) is 23.2 Å². The molecule has 3 aromatic rings. The van der Waals surface area contributed by atoms with Crippen LogP contribution in [0.3, 0.4) is 0 Å². The molecule has 0 saturated carbocycles. The number of carbonyl (C=O) groups is 2. The lowest BCUT2D eigenvalue weighted by Crippen LogP contribution is -2.38. The number of ether oxygens (including phenoxy) is 1. The highest BCUT2D eigenvalue weighted by atomic mass is 35.5. The zero-order chi connectivity index (χ0) is 23.3.